The van der Waals surface area contributed by atoms with Crippen LogP contribution in [-0.4, -0.2) is 15.5 Å². The van der Waals surface area contributed by atoms with Crippen molar-refractivity contribution in [1.82, 2.24) is 9.78 Å². The predicted octanol–water partition coefficient (Wildman–Crippen LogP) is 3.63. The number of hydrogen-bond acceptors (Lipinski definition) is 3. The summed E-state index contributed by atoms with van der Waals surface area (Å²) in [6.45, 7) is 6.01. The molecule has 2 rings (SSSR count). The standard InChI is InChI=1S/C14H19N3S/c1-3-17-12(9-10-16-17)11-15-13-7-5-6-8-14(13)18-4-2/h5-10,15H,3-4,11H2,1-2H3. The van der Waals surface area contributed by atoms with Gasteiger partial charge >= 0.3 is 0 Å². The molecule has 0 fully saturated rings. The Kier molecular flexibility index (Phi) is 4.70. The molecule has 0 unspecified atom stereocenters. The molecule has 4 heteroatoms. The SMILES string of the molecule is CCSc1ccccc1NCc1ccnn1CC. The lowest BCUT2D eigenvalue weighted by molar-refractivity contribution is 0.627. The van der Waals surface area contributed by atoms with Gasteiger partial charge in [-0.3, -0.25) is 4.68 Å². The Balaban J connectivity index is 2.06. The number of nitrogens with one attached hydrogen (secondary N) is 1. The molecule has 0 aliphatic carbocycles. The topological polar surface area (TPSA) is 29.9 Å². The minimum atomic E-state index is 0.815. The molecule has 1 heterocycles. The van der Waals surface area contributed by atoms with E-state index in [0.29, 0.717) is 0 Å². The molecule has 0 aliphatic heterocycles. The van der Waals surface area contributed by atoms with Crippen molar-refractivity contribution in [2.75, 3.05) is 11.1 Å². The maximum atomic E-state index is 4.28. The normalized spacial score (nSPS) is 10.6. The first-order valence-corrected chi connectivity index (χ1v) is 7.30. The minimum Gasteiger partial charge on any atom is -0.378 e. The van der Waals surface area contributed by atoms with Gasteiger partial charge in [-0.1, -0.05) is 19.1 Å². The number of thioether (sulfide) groups is 1. The van der Waals surface area contributed by atoms with Crippen molar-refractivity contribution in [3.05, 3.63) is 42.2 Å². The van der Waals surface area contributed by atoms with Crippen LogP contribution in [0.4, 0.5) is 5.69 Å². The van der Waals surface area contributed by atoms with E-state index in [1.165, 1.54) is 16.3 Å². The molecule has 96 valence electrons. The Morgan fingerprint density at radius 1 is 1.22 bits per heavy atom. The second-order valence-corrected chi connectivity index (χ2v) is 5.23. The van der Waals surface area contributed by atoms with Crippen LogP contribution in [0.2, 0.25) is 0 Å². The number of rotatable bonds is 6. The van der Waals surface area contributed by atoms with E-state index < -0.39 is 0 Å². The smallest absolute Gasteiger partial charge is 0.0575 e. The Hall–Kier alpha value is -1.42. The van der Waals surface area contributed by atoms with Crippen LogP contribution < -0.4 is 5.32 Å². The fourth-order valence-electron chi connectivity index (χ4n) is 1.87. The quantitative estimate of drug-likeness (QED) is 0.805. The van der Waals surface area contributed by atoms with Gasteiger partial charge in [-0.05, 0) is 30.9 Å². The van der Waals surface area contributed by atoms with E-state index >= 15 is 0 Å². The molecule has 1 aromatic heterocycles. The summed E-state index contributed by atoms with van der Waals surface area (Å²) in [5.41, 5.74) is 2.42. The van der Waals surface area contributed by atoms with Crippen LogP contribution in [-0.2, 0) is 13.1 Å². The summed E-state index contributed by atoms with van der Waals surface area (Å²) < 4.78 is 2.02. The van der Waals surface area contributed by atoms with Gasteiger partial charge in [0.05, 0.1) is 12.2 Å². The van der Waals surface area contributed by atoms with E-state index in [2.05, 4.69) is 54.6 Å². The maximum Gasteiger partial charge on any atom is 0.0575 e. The van der Waals surface area contributed by atoms with Crippen molar-refractivity contribution in [3.8, 4) is 0 Å². The summed E-state index contributed by atoms with van der Waals surface area (Å²) in [5, 5.41) is 7.77. The lowest BCUT2D eigenvalue weighted by Gasteiger charge is -2.11. The van der Waals surface area contributed by atoms with Crippen molar-refractivity contribution in [2.45, 2.75) is 31.8 Å². The molecule has 0 spiro atoms. The van der Waals surface area contributed by atoms with Gasteiger partial charge in [-0.15, -0.1) is 11.8 Å². The molecule has 0 atom stereocenters. The minimum absolute atomic E-state index is 0.815. The van der Waals surface area contributed by atoms with Gasteiger partial charge in [0.1, 0.15) is 0 Å². The highest BCUT2D eigenvalue weighted by Gasteiger charge is 2.03. The van der Waals surface area contributed by atoms with Crippen LogP contribution >= 0.6 is 11.8 Å². The lowest BCUT2D eigenvalue weighted by Crippen LogP contribution is -2.08. The van der Waals surface area contributed by atoms with Crippen LogP contribution in [0.25, 0.3) is 0 Å². The van der Waals surface area contributed by atoms with Gasteiger partial charge in [0, 0.05) is 23.3 Å². The fourth-order valence-corrected chi connectivity index (χ4v) is 2.66. The number of anilines is 1. The summed E-state index contributed by atoms with van der Waals surface area (Å²) in [7, 11) is 0. The molecule has 0 amide bonds. The summed E-state index contributed by atoms with van der Waals surface area (Å²) in [6, 6.07) is 10.5. The summed E-state index contributed by atoms with van der Waals surface area (Å²) in [4.78, 5) is 1.31. The first-order chi connectivity index (χ1) is 8.85. The third kappa shape index (κ3) is 3.07. The number of hydrogen-bond donors (Lipinski definition) is 1. The van der Waals surface area contributed by atoms with Gasteiger partial charge in [0.2, 0.25) is 0 Å². The van der Waals surface area contributed by atoms with Gasteiger partial charge < -0.3 is 5.32 Å². The highest BCUT2D eigenvalue weighted by molar-refractivity contribution is 7.99. The number of aryl methyl sites for hydroxylation is 1. The first-order valence-electron chi connectivity index (χ1n) is 6.31. The predicted molar refractivity (Wildman–Crippen MR) is 78.1 cm³/mol. The number of benzene rings is 1. The Morgan fingerprint density at radius 3 is 2.83 bits per heavy atom. The molecule has 1 aromatic carbocycles. The van der Waals surface area contributed by atoms with Crippen molar-refractivity contribution in [1.29, 1.82) is 0 Å². The van der Waals surface area contributed by atoms with Crippen LogP contribution in [0.1, 0.15) is 19.5 Å². The van der Waals surface area contributed by atoms with Crippen molar-refractivity contribution in [2.24, 2.45) is 0 Å². The number of nitrogens with zero attached hydrogens (tertiary/aromatic N) is 2. The average molecular weight is 261 g/mol. The van der Waals surface area contributed by atoms with Crippen molar-refractivity contribution < 1.29 is 0 Å². The van der Waals surface area contributed by atoms with E-state index in [4.69, 9.17) is 0 Å². The molecule has 0 aliphatic rings. The van der Waals surface area contributed by atoms with Crippen LogP contribution in [0.3, 0.4) is 0 Å². The van der Waals surface area contributed by atoms with E-state index in [0.717, 1.165) is 18.8 Å². The summed E-state index contributed by atoms with van der Waals surface area (Å²) in [6.07, 6.45) is 1.85. The summed E-state index contributed by atoms with van der Waals surface area (Å²) in [5.74, 6) is 1.09. The first kappa shape index (κ1) is 13.0. The Labute approximate surface area is 113 Å². The zero-order valence-corrected chi connectivity index (χ0v) is 11.7. The molecule has 0 bridgehead atoms. The average Bonchev–Trinajstić information content (AvgIpc) is 2.85. The molecule has 0 saturated heterocycles. The second kappa shape index (κ2) is 6.50. The van der Waals surface area contributed by atoms with E-state index in [1.54, 1.807) is 0 Å². The van der Waals surface area contributed by atoms with Gasteiger partial charge in [-0.2, -0.15) is 5.10 Å². The molecule has 0 radical (unpaired) electrons. The third-order valence-electron chi connectivity index (χ3n) is 2.75. The second-order valence-electron chi connectivity index (χ2n) is 3.92. The van der Waals surface area contributed by atoms with Crippen LogP contribution in [0.5, 0.6) is 0 Å². The number of para-hydroxylation sites is 1. The van der Waals surface area contributed by atoms with E-state index in [9.17, 15) is 0 Å². The lowest BCUT2D eigenvalue weighted by atomic mass is 10.3. The van der Waals surface area contributed by atoms with Gasteiger partial charge in [0.25, 0.3) is 0 Å². The highest BCUT2D eigenvalue weighted by Crippen LogP contribution is 2.26. The van der Waals surface area contributed by atoms with Gasteiger partial charge in [0.15, 0.2) is 0 Å². The van der Waals surface area contributed by atoms with Crippen LogP contribution in [0, 0.1) is 0 Å². The molecule has 2 aromatic rings. The van der Waals surface area contributed by atoms with Crippen molar-refractivity contribution >= 4 is 17.4 Å². The third-order valence-corrected chi connectivity index (χ3v) is 3.71. The van der Waals surface area contributed by atoms with Crippen molar-refractivity contribution in [3.63, 3.8) is 0 Å². The van der Waals surface area contributed by atoms with E-state index in [1.807, 2.05) is 22.6 Å². The number of aromatic nitrogens is 2. The van der Waals surface area contributed by atoms with Crippen LogP contribution in [0.15, 0.2) is 41.4 Å². The zero-order valence-electron chi connectivity index (χ0n) is 10.9. The maximum absolute atomic E-state index is 4.28. The van der Waals surface area contributed by atoms with E-state index in [-0.39, 0.29) is 0 Å². The van der Waals surface area contributed by atoms with Gasteiger partial charge in [-0.25, -0.2) is 0 Å². The fraction of sp³-hybridized carbons (Fsp3) is 0.357. The molecule has 18 heavy (non-hydrogen) atoms. The largest absolute Gasteiger partial charge is 0.378 e. The monoisotopic (exact) mass is 261 g/mol. The molecular weight excluding hydrogens is 242 g/mol. The molecule has 1 N–H and O–H groups in total. The molecule has 0 saturated carbocycles. The zero-order chi connectivity index (χ0) is 12.8. The summed E-state index contributed by atoms with van der Waals surface area (Å²) >= 11 is 1.86. The Bertz CT molecular complexity index is 493. The molecule has 3 nitrogen and oxygen atoms in total. The Morgan fingerprint density at radius 2 is 2.06 bits per heavy atom. The highest BCUT2D eigenvalue weighted by atomic mass is 32.2. The molecular formula is C14H19N3S.